The van der Waals surface area contributed by atoms with Crippen molar-refractivity contribution in [3.63, 3.8) is 0 Å². The normalized spacial score (nSPS) is 17.7. The minimum Gasteiger partial charge on any atom is -0.507 e. The molecule has 3 aromatic carbocycles. The number of ether oxygens (including phenoxy) is 2. The molecule has 0 aliphatic carbocycles. The summed E-state index contributed by atoms with van der Waals surface area (Å²) >= 11 is 0. The first kappa shape index (κ1) is 24.3. The van der Waals surface area contributed by atoms with E-state index >= 15 is 0 Å². The van der Waals surface area contributed by atoms with Crippen LogP contribution in [0.1, 0.15) is 23.5 Å². The molecule has 1 aliphatic rings. The van der Waals surface area contributed by atoms with Gasteiger partial charge in [0.1, 0.15) is 18.1 Å². The van der Waals surface area contributed by atoms with Gasteiger partial charge in [-0.2, -0.15) is 0 Å². The zero-order valence-electron chi connectivity index (χ0n) is 18.2. The van der Waals surface area contributed by atoms with Gasteiger partial charge in [0.15, 0.2) is 0 Å². The van der Waals surface area contributed by atoms with Crippen LogP contribution in [-0.2, 0) is 11.3 Å². The van der Waals surface area contributed by atoms with Crippen LogP contribution in [0.4, 0.5) is 4.79 Å². The van der Waals surface area contributed by atoms with E-state index in [4.69, 9.17) is 29.6 Å². The fourth-order valence-corrected chi connectivity index (χ4v) is 4.00. The summed E-state index contributed by atoms with van der Waals surface area (Å²) in [5.74, 6) is 1.36. The van der Waals surface area contributed by atoms with Gasteiger partial charge in [-0.1, -0.05) is 36.4 Å². The molecule has 1 heterocycles. The summed E-state index contributed by atoms with van der Waals surface area (Å²) in [7, 11) is 0. The number of phenolic OH excluding ortho intramolecular Hbond substituents is 1. The number of phenols is 1. The van der Waals surface area contributed by atoms with E-state index in [9.17, 15) is 5.11 Å². The number of piperidine rings is 1. The molecule has 33 heavy (non-hydrogen) atoms. The lowest BCUT2D eigenvalue weighted by molar-refractivity contribution is 0.0106. The highest BCUT2D eigenvalue weighted by Crippen LogP contribution is 2.31. The molecule has 0 bridgehead atoms. The molecule has 176 valence electrons. The lowest BCUT2D eigenvalue weighted by atomic mass is 9.87. The Bertz CT molecular complexity index is 1030. The molecule has 1 aliphatic heterocycles. The Morgan fingerprint density at radius 1 is 1.06 bits per heavy atom. The summed E-state index contributed by atoms with van der Waals surface area (Å²) in [6, 6.07) is 19.8. The molecule has 0 saturated carbocycles. The second kappa shape index (κ2) is 12.1. The van der Waals surface area contributed by atoms with Crippen molar-refractivity contribution in [3.05, 3.63) is 71.8 Å². The summed E-state index contributed by atoms with van der Waals surface area (Å²) < 4.78 is 11.8. The highest BCUT2D eigenvalue weighted by molar-refractivity contribution is 5.88. The molecule has 3 aromatic rings. The lowest BCUT2D eigenvalue weighted by Gasteiger charge is -2.32. The van der Waals surface area contributed by atoms with Gasteiger partial charge < -0.3 is 35.2 Å². The molecule has 8 heteroatoms. The van der Waals surface area contributed by atoms with Crippen LogP contribution < -0.4 is 10.1 Å². The van der Waals surface area contributed by atoms with Gasteiger partial charge in [0.25, 0.3) is 0 Å². The van der Waals surface area contributed by atoms with Crippen molar-refractivity contribution < 1.29 is 34.7 Å². The first-order valence-electron chi connectivity index (χ1n) is 10.8. The van der Waals surface area contributed by atoms with Crippen molar-refractivity contribution in [2.45, 2.75) is 25.0 Å². The van der Waals surface area contributed by atoms with Crippen LogP contribution in [0, 0.1) is 0 Å². The van der Waals surface area contributed by atoms with E-state index in [0.717, 1.165) is 41.6 Å². The molecule has 0 amide bonds. The Kier molecular flexibility index (Phi) is 8.88. The number of nitrogens with one attached hydrogen (secondary N) is 1. The number of aromatic hydroxyl groups is 1. The fraction of sp³-hybridized carbons (Fsp3) is 0.320. The minimum atomic E-state index is -1.83. The Morgan fingerprint density at radius 3 is 2.52 bits per heavy atom. The zero-order valence-corrected chi connectivity index (χ0v) is 18.2. The van der Waals surface area contributed by atoms with Gasteiger partial charge in [0, 0.05) is 17.8 Å². The summed E-state index contributed by atoms with van der Waals surface area (Å²) in [6.07, 6.45) is -0.772. The number of carboxylic acid groups (broad SMARTS) is 2. The molecule has 4 rings (SSSR count). The number of aliphatic hydroxyl groups is 1. The van der Waals surface area contributed by atoms with Gasteiger partial charge in [0.05, 0.1) is 19.3 Å². The Labute approximate surface area is 192 Å². The molecular formula is C25H29NO7. The molecule has 1 fully saturated rings. The van der Waals surface area contributed by atoms with Crippen LogP contribution >= 0.6 is 0 Å². The number of aliphatic hydroxyl groups excluding tert-OH is 1. The number of hydrogen-bond donors (Lipinski definition) is 5. The first-order valence-corrected chi connectivity index (χ1v) is 10.8. The van der Waals surface area contributed by atoms with Crippen LogP contribution in [0.15, 0.2) is 60.7 Å². The maximum atomic E-state index is 10.3. The third kappa shape index (κ3) is 7.08. The SMILES string of the molecule is O=C(O)O.OCCOc1ccc(C2CCNCC2OCc2cc(O)c3ccccc3c2)cc1. The second-order valence-corrected chi connectivity index (χ2v) is 7.71. The van der Waals surface area contributed by atoms with E-state index < -0.39 is 6.16 Å². The molecule has 1 saturated heterocycles. The van der Waals surface area contributed by atoms with Crippen molar-refractivity contribution in [2.24, 2.45) is 0 Å². The van der Waals surface area contributed by atoms with Crippen LogP contribution in [0.2, 0.25) is 0 Å². The van der Waals surface area contributed by atoms with E-state index in [2.05, 4.69) is 23.5 Å². The highest BCUT2D eigenvalue weighted by atomic mass is 16.6. The first-order chi connectivity index (χ1) is 16.0. The largest absolute Gasteiger partial charge is 0.507 e. The second-order valence-electron chi connectivity index (χ2n) is 7.71. The average Bonchev–Trinajstić information content (AvgIpc) is 2.82. The molecule has 0 aromatic heterocycles. The average molecular weight is 456 g/mol. The summed E-state index contributed by atoms with van der Waals surface area (Å²) in [5.41, 5.74) is 2.20. The van der Waals surface area contributed by atoms with Gasteiger partial charge in [0.2, 0.25) is 0 Å². The van der Waals surface area contributed by atoms with Gasteiger partial charge in [-0.3, -0.25) is 0 Å². The van der Waals surface area contributed by atoms with E-state index in [0.29, 0.717) is 24.9 Å². The monoisotopic (exact) mass is 455 g/mol. The van der Waals surface area contributed by atoms with Gasteiger partial charge in [-0.25, -0.2) is 4.79 Å². The van der Waals surface area contributed by atoms with Gasteiger partial charge in [-0.05, 0) is 53.7 Å². The van der Waals surface area contributed by atoms with Crippen LogP contribution in [0.3, 0.4) is 0 Å². The molecule has 0 spiro atoms. The number of rotatable bonds is 7. The Morgan fingerprint density at radius 2 is 1.79 bits per heavy atom. The number of hydrogen-bond acceptors (Lipinski definition) is 6. The quantitative estimate of drug-likeness (QED) is 0.364. The minimum absolute atomic E-state index is 0.0102. The van der Waals surface area contributed by atoms with Crippen LogP contribution in [0.5, 0.6) is 11.5 Å². The maximum absolute atomic E-state index is 10.3. The fourth-order valence-electron chi connectivity index (χ4n) is 4.00. The molecule has 2 unspecified atom stereocenters. The topological polar surface area (TPSA) is 128 Å². The highest BCUT2D eigenvalue weighted by Gasteiger charge is 2.27. The summed E-state index contributed by atoms with van der Waals surface area (Å²) in [5, 5.41) is 38.4. The molecular weight excluding hydrogens is 426 g/mol. The van der Waals surface area contributed by atoms with Crippen LogP contribution in [0.25, 0.3) is 10.8 Å². The third-order valence-electron chi connectivity index (χ3n) is 5.46. The predicted octanol–water partition coefficient (Wildman–Crippen LogP) is 3.80. The summed E-state index contributed by atoms with van der Waals surface area (Å²) in [4.78, 5) is 8.56. The summed E-state index contributed by atoms with van der Waals surface area (Å²) in [6.45, 7) is 2.53. The Hall–Kier alpha value is -3.33. The van der Waals surface area contributed by atoms with Crippen molar-refractivity contribution in [3.8, 4) is 11.5 Å². The lowest BCUT2D eigenvalue weighted by Crippen LogP contribution is -2.40. The van der Waals surface area contributed by atoms with Crippen molar-refractivity contribution in [2.75, 3.05) is 26.3 Å². The van der Waals surface area contributed by atoms with E-state index in [1.54, 1.807) is 6.07 Å². The van der Waals surface area contributed by atoms with E-state index in [1.165, 1.54) is 5.56 Å². The smallest absolute Gasteiger partial charge is 0.503 e. The number of benzene rings is 3. The standard InChI is InChI=1S/C24H27NO4.CH2O3/c26-11-12-28-20-7-5-18(6-8-20)22-9-10-25-15-24(22)29-16-17-13-19-3-1-2-4-21(19)23(27)14-17;2-1(3)4/h1-8,13-14,22,24-27H,9-12,15-16H2;(H2,2,3,4). The van der Waals surface area contributed by atoms with Crippen LogP contribution in [-0.4, -0.2) is 59.0 Å². The van der Waals surface area contributed by atoms with Gasteiger partial charge in [-0.15, -0.1) is 0 Å². The third-order valence-corrected chi connectivity index (χ3v) is 5.46. The van der Waals surface area contributed by atoms with Gasteiger partial charge >= 0.3 is 6.16 Å². The van der Waals surface area contributed by atoms with Crippen molar-refractivity contribution in [1.29, 1.82) is 0 Å². The number of carbonyl (C=O) groups is 1. The van der Waals surface area contributed by atoms with Crippen molar-refractivity contribution >= 4 is 16.9 Å². The maximum Gasteiger partial charge on any atom is 0.503 e. The molecule has 8 nitrogen and oxygen atoms in total. The predicted molar refractivity (Wildman–Crippen MR) is 124 cm³/mol. The zero-order chi connectivity index (χ0) is 23.6. The Balaban J connectivity index is 0.000000709. The van der Waals surface area contributed by atoms with Crippen molar-refractivity contribution in [1.82, 2.24) is 5.32 Å². The van der Waals surface area contributed by atoms with E-state index in [-0.39, 0.29) is 12.7 Å². The molecule has 0 radical (unpaired) electrons. The van der Waals surface area contributed by atoms with E-state index in [1.807, 2.05) is 36.4 Å². The molecule has 2 atom stereocenters. The molecule has 5 N–H and O–H groups in total. The number of fused-ring (bicyclic) bond motifs is 1.